The van der Waals surface area contributed by atoms with Crippen LogP contribution < -0.4 is 0 Å². The van der Waals surface area contributed by atoms with Gasteiger partial charge in [-0.15, -0.1) is 6.58 Å². The number of carbonyl (C=O) groups excluding carboxylic acids is 4. The van der Waals surface area contributed by atoms with E-state index in [9.17, 15) is 19.2 Å². The topological polar surface area (TPSA) is 80.8 Å². The molecule has 2 atom stereocenters. The Hall–Kier alpha value is -2.76. The molecule has 1 aromatic rings. The van der Waals surface area contributed by atoms with Gasteiger partial charge in [-0.25, -0.2) is 4.79 Å². The maximum Gasteiger partial charge on any atom is 0.340 e. The average molecular weight is 414 g/mol. The molecule has 1 aromatic carbocycles. The number of carbonyl (C=O) groups is 4. The molecule has 0 spiro atoms. The smallest absolute Gasteiger partial charge is 0.340 e. The Bertz CT molecular complexity index is 760. The summed E-state index contributed by atoms with van der Waals surface area (Å²) in [7, 11) is 0. The number of esters is 1. The van der Waals surface area contributed by atoms with Crippen molar-refractivity contribution >= 4 is 23.9 Å². The highest BCUT2D eigenvalue weighted by atomic mass is 16.5. The first-order valence-electron chi connectivity index (χ1n) is 10.6. The van der Waals surface area contributed by atoms with Gasteiger partial charge in [-0.2, -0.15) is 0 Å². The molecule has 0 bridgehead atoms. The van der Waals surface area contributed by atoms with Crippen LogP contribution in [0.25, 0.3) is 0 Å². The summed E-state index contributed by atoms with van der Waals surface area (Å²) in [6.07, 6.45) is 5.93. The molecule has 0 saturated carbocycles. The number of ether oxygens (including phenoxy) is 1. The Kier molecular flexibility index (Phi) is 8.96. The fraction of sp³-hybridized carbons (Fsp3) is 0.500. The summed E-state index contributed by atoms with van der Waals surface area (Å²) < 4.78 is 5.56. The predicted molar refractivity (Wildman–Crippen MR) is 113 cm³/mol. The Labute approximate surface area is 178 Å². The standard InChI is InChI=1S/C24H31NO5/c1-3-15-24(25-20(4-2)17-22(25)28,21(27)14-10-5-6-11-16-26)23(29)30-18-19-12-8-7-9-13-19/h3,7-9,12-13,16,20H,1,4-6,10-11,14-15,17-18H2,2H3. The molecular weight excluding hydrogens is 382 g/mol. The lowest BCUT2D eigenvalue weighted by Crippen LogP contribution is -2.70. The van der Waals surface area contributed by atoms with Gasteiger partial charge in [0, 0.05) is 31.7 Å². The highest BCUT2D eigenvalue weighted by Gasteiger charge is 2.58. The van der Waals surface area contributed by atoms with Gasteiger partial charge in [0.2, 0.25) is 11.4 Å². The van der Waals surface area contributed by atoms with Crippen LogP contribution in [0.3, 0.4) is 0 Å². The molecular formula is C24H31NO5. The summed E-state index contributed by atoms with van der Waals surface area (Å²) in [6.45, 7) is 5.69. The number of ketones is 1. The van der Waals surface area contributed by atoms with Crippen molar-refractivity contribution in [1.82, 2.24) is 4.90 Å². The summed E-state index contributed by atoms with van der Waals surface area (Å²) in [6, 6.07) is 9.06. The first kappa shape index (κ1) is 23.5. The van der Waals surface area contributed by atoms with Crippen LogP contribution in [0.4, 0.5) is 0 Å². The molecule has 162 valence electrons. The maximum absolute atomic E-state index is 13.4. The Morgan fingerprint density at radius 1 is 1.23 bits per heavy atom. The van der Waals surface area contributed by atoms with Crippen molar-refractivity contribution in [3.8, 4) is 0 Å². The Morgan fingerprint density at radius 2 is 1.97 bits per heavy atom. The average Bonchev–Trinajstić information content (AvgIpc) is 2.75. The maximum atomic E-state index is 13.4. The van der Waals surface area contributed by atoms with Crippen LogP contribution in [0.5, 0.6) is 0 Å². The minimum atomic E-state index is -1.67. The first-order valence-corrected chi connectivity index (χ1v) is 10.6. The second kappa shape index (κ2) is 11.4. The van der Waals surface area contributed by atoms with Crippen LogP contribution in [-0.4, -0.2) is 40.4 Å². The normalized spacial score (nSPS) is 17.6. The minimum Gasteiger partial charge on any atom is -0.459 e. The number of β-lactam (4-membered cyclic amide) rings is 1. The van der Waals surface area contributed by atoms with Crippen LogP contribution in [0.1, 0.15) is 63.9 Å². The lowest BCUT2D eigenvalue weighted by atomic mass is 9.79. The number of benzene rings is 1. The fourth-order valence-corrected chi connectivity index (χ4v) is 3.92. The van der Waals surface area contributed by atoms with Gasteiger partial charge < -0.3 is 14.4 Å². The summed E-state index contributed by atoms with van der Waals surface area (Å²) in [5, 5.41) is 0. The van der Waals surface area contributed by atoms with Crippen LogP contribution in [0, 0.1) is 0 Å². The number of unbranched alkanes of at least 4 members (excludes halogenated alkanes) is 3. The third kappa shape index (κ3) is 5.23. The second-order valence-corrected chi connectivity index (χ2v) is 7.63. The summed E-state index contributed by atoms with van der Waals surface area (Å²) in [5.74, 6) is -1.23. The van der Waals surface area contributed by atoms with E-state index in [4.69, 9.17) is 4.74 Å². The lowest BCUT2D eigenvalue weighted by Gasteiger charge is -2.50. The van der Waals surface area contributed by atoms with E-state index in [1.54, 1.807) is 0 Å². The van der Waals surface area contributed by atoms with Gasteiger partial charge in [-0.3, -0.25) is 9.59 Å². The van der Waals surface area contributed by atoms with E-state index >= 15 is 0 Å². The van der Waals surface area contributed by atoms with Crippen molar-refractivity contribution in [2.45, 2.75) is 76.5 Å². The SMILES string of the molecule is C=CCC(C(=O)CCCCCC=O)(C(=O)OCc1ccccc1)N1C(=O)CC1CC. The number of aldehydes is 1. The zero-order valence-corrected chi connectivity index (χ0v) is 17.7. The predicted octanol–water partition coefficient (Wildman–Crippen LogP) is 3.77. The van der Waals surface area contributed by atoms with Gasteiger partial charge >= 0.3 is 5.97 Å². The highest BCUT2D eigenvalue weighted by molar-refractivity contribution is 6.12. The van der Waals surface area contributed by atoms with Crippen molar-refractivity contribution in [2.75, 3.05) is 0 Å². The molecule has 1 fully saturated rings. The molecule has 0 radical (unpaired) electrons. The van der Waals surface area contributed by atoms with E-state index in [0.717, 1.165) is 11.8 Å². The Morgan fingerprint density at radius 3 is 2.57 bits per heavy atom. The van der Waals surface area contributed by atoms with E-state index in [-0.39, 0.29) is 37.2 Å². The molecule has 30 heavy (non-hydrogen) atoms. The monoisotopic (exact) mass is 413 g/mol. The molecule has 1 aliphatic rings. The summed E-state index contributed by atoms with van der Waals surface area (Å²) in [4.78, 5) is 51.1. The molecule has 0 aliphatic carbocycles. The van der Waals surface area contributed by atoms with Crippen molar-refractivity contribution in [2.24, 2.45) is 0 Å². The Balaban J connectivity index is 2.25. The third-order valence-corrected chi connectivity index (χ3v) is 5.60. The van der Waals surface area contributed by atoms with E-state index in [0.29, 0.717) is 38.5 Å². The second-order valence-electron chi connectivity index (χ2n) is 7.63. The molecule has 1 heterocycles. The zero-order chi connectivity index (χ0) is 22.0. The highest BCUT2D eigenvalue weighted by Crippen LogP contribution is 2.37. The van der Waals surface area contributed by atoms with Crippen LogP contribution >= 0.6 is 0 Å². The van der Waals surface area contributed by atoms with Crippen molar-refractivity contribution in [1.29, 1.82) is 0 Å². The quantitative estimate of drug-likeness (QED) is 0.116. The van der Waals surface area contributed by atoms with Crippen molar-refractivity contribution in [3.05, 3.63) is 48.6 Å². The van der Waals surface area contributed by atoms with Gasteiger partial charge in [-0.05, 0) is 24.8 Å². The number of amides is 1. The fourth-order valence-electron chi connectivity index (χ4n) is 3.92. The molecule has 1 saturated heterocycles. The number of hydrogen-bond acceptors (Lipinski definition) is 5. The van der Waals surface area contributed by atoms with Crippen LogP contribution in [-0.2, 0) is 30.5 Å². The molecule has 0 N–H and O–H groups in total. The minimum absolute atomic E-state index is 0.0238. The van der Waals surface area contributed by atoms with Crippen molar-refractivity contribution < 1.29 is 23.9 Å². The van der Waals surface area contributed by atoms with Gasteiger partial charge in [0.05, 0.1) is 0 Å². The number of nitrogens with zero attached hydrogens (tertiary/aromatic N) is 1. The molecule has 1 aliphatic heterocycles. The van der Waals surface area contributed by atoms with E-state index in [1.807, 2.05) is 37.3 Å². The van der Waals surface area contributed by atoms with E-state index < -0.39 is 11.5 Å². The number of likely N-dealkylation sites (tertiary alicyclic amines) is 1. The summed E-state index contributed by atoms with van der Waals surface area (Å²) in [5.41, 5.74) is -0.862. The van der Waals surface area contributed by atoms with Gasteiger partial charge in [-0.1, -0.05) is 49.8 Å². The molecule has 6 nitrogen and oxygen atoms in total. The number of hydrogen-bond donors (Lipinski definition) is 0. The van der Waals surface area contributed by atoms with Gasteiger partial charge in [0.1, 0.15) is 12.9 Å². The molecule has 1 amide bonds. The van der Waals surface area contributed by atoms with Gasteiger partial charge in [0.15, 0.2) is 5.78 Å². The lowest BCUT2D eigenvalue weighted by molar-refractivity contribution is -0.181. The summed E-state index contributed by atoms with van der Waals surface area (Å²) >= 11 is 0. The third-order valence-electron chi connectivity index (χ3n) is 5.60. The number of rotatable bonds is 14. The van der Waals surface area contributed by atoms with Crippen LogP contribution in [0.2, 0.25) is 0 Å². The molecule has 2 unspecified atom stereocenters. The van der Waals surface area contributed by atoms with Crippen LogP contribution in [0.15, 0.2) is 43.0 Å². The molecule has 2 rings (SSSR count). The molecule has 0 aromatic heterocycles. The van der Waals surface area contributed by atoms with Crippen molar-refractivity contribution in [3.63, 3.8) is 0 Å². The zero-order valence-electron chi connectivity index (χ0n) is 17.7. The first-order chi connectivity index (χ1) is 14.5. The molecule has 6 heteroatoms. The van der Waals surface area contributed by atoms with Gasteiger partial charge in [0.25, 0.3) is 0 Å². The van der Waals surface area contributed by atoms with E-state index in [1.165, 1.54) is 11.0 Å². The largest absolute Gasteiger partial charge is 0.459 e. The van der Waals surface area contributed by atoms with E-state index in [2.05, 4.69) is 6.58 Å². The number of Topliss-reactive ketones (excluding diaryl/α,β-unsaturated/α-hetero) is 1.